The van der Waals surface area contributed by atoms with Crippen LogP contribution in [0.4, 0.5) is 0 Å². The molecule has 0 fully saturated rings. The van der Waals surface area contributed by atoms with Crippen molar-refractivity contribution in [2.24, 2.45) is 0 Å². The fourth-order valence-electron chi connectivity index (χ4n) is 7.96. The first-order chi connectivity index (χ1) is 26.8. The third kappa shape index (κ3) is 4.86. The average Bonchev–Trinajstić information content (AvgIpc) is 3.80. The first-order valence-corrected chi connectivity index (χ1v) is 18.9. The normalized spacial score (nSPS) is 11.7. The molecule has 0 aliphatic rings. The number of aromatic nitrogens is 4. The second-order valence-electron chi connectivity index (χ2n) is 13.6. The Hall–Kier alpha value is -6.95. The lowest BCUT2D eigenvalue weighted by molar-refractivity contribution is 1.16. The van der Waals surface area contributed by atoms with E-state index in [9.17, 15) is 0 Å². The molecule has 0 unspecified atom stereocenters. The fraction of sp³-hybridized carbons (Fsp3) is 0. The maximum absolute atomic E-state index is 5.36. The van der Waals surface area contributed by atoms with E-state index < -0.39 is 0 Å². The van der Waals surface area contributed by atoms with Crippen LogP contribution < -0.4 is 0 Å². The van der Waals surface area contributed by atoms with Gasteiger partial charge >= 0.3 is 0 Å². The summed E-state index contributed by atoms with van der Waals surface area (Å²) < 4.78 is 4.77. The van der Waals surface area contributed by atoms with Crippen LogP contribution in [0.3, 0.4) is 0 Å². The van der Waals surface area contributed by atoms with Crippen molar-refractivity contribution in [2.45, 2.75) is 0 Å². The van der Waals surface area contributed by atoms with Gasteiger partial charge in [0.15, 0.2) is 5.82 Å². The van der Waals surface area contributed by atoms with Gasteiger partial charge in [-0.25, -0.2) is 15.0 Å². The summed E-state index contributed by atoms with van der Waals surface area (Å²) in [5.74, 6) is 0.674. The molecular weight excluding hydrogens is 677 g/mol. The summed E-state index contributed by atoms with van der Waals surface area (Å²) in [5, 5.41) is 6.17. The predicted octanol–water partition coefficient (Wildman–Crippen LogP) is 13.2. The van der Waals surface area contributed by atoms with Gasteiger partial charge in [-0.1, -0.05) is 127 Å². The Morgan fingerprint density at radius 3 is 1.78 bits per heavy atom. The standard InChI is InChI=1S/C49H30N4S/c1-2-14-31(15-3-1)41-30-42(52-49(51-41)32-26-28-33(29-27-32)53-43-23-11-7-17-35(43)36-18-8-12-24-44(36)53)34-16-4-5-19-37(34)47-48-46(38-20-6-10-22-40(38)50-47)39-21-9-13-25-45(39)54-48/h1-30H. The highest BCUT2D eigenvalue weighted by molar-refractivity contribution is 7.26. The minimum Gasteiger partial charge on any atom is -0.309 e. The maximum atomic E-state index is 5.36. The number of fused-ring (bicyclic) bond motifs is 8. The fourth-order valence-corrected chi connectivity index (χ4v) is 9.18. The molecule has 0 amide bonds. The molecule has 4 heterocycles. The van der Waals surface area contributed by atoms with Crippen molar-refractivity contribution in [3.8, 4) is 50.8 Å². The van der Waals surface area contributed by atoms with E-state index in [4.69, 9.17) is 15.0 Å². The van der Waals surface area contributed by atoms with Crippen LogP contribution in [0, 0.1) is 0 Å². The van der Waals surface area contributed by atoms with Crippen LogP contribution >= 0.6 is 11.3 Å². The number of hydrogen-bond donors (Lipinski definition) is 0. The first kappa shape index (κ1) is 30.7. The highest BCUT2D eigenvalue weighted by atomic mass is 32.1. The zero-order valence-electron chi connectivity index (χ0n) is 29.0. The molecule has 0 radical (unpaired) electrons. The Balaban J connectivity index is 1.10. The van der Waals surface area contributed by atoms with Crippen molar-refractivity contribution in [1.29, 1.82) is 0 Å². The topological polar surface area (TPSA) is 43.6 Å². The van der Waals surface area contributed by atoms with Crippen LogP contribution in [0.5, 0.6) is 0 Å². The molecule has 0 atom stereocenters. The molecule has 0 aliphatic carbocycles. The van der Waals surface area contributed by atoms with Crippen molar-refractivity contribution >= 4 is 64.2 Å². The van der Waals surface area contributed by atoms with E-state index in [1.54, 1.807) is 11.3 Å². The third-order valence-corrected chi connectivity index (χ3v) is 11.6. The molecule has 5 heteroatoms. The number of para-hydroxylation sites is 3. The lowest BCUT2D eigenvalue weighted by Gasteiger charge is -2.14. The molecule has 4 aromatic heterocycles. The molecule has 54 heavy (non-hydrogen) atoms. The zero-order valence-corrected chi connectivity index (χ0v) is 29.8. The monoisotopic (exact) mass is 706 g/mol. The van der Waals surface area contributed by atoms with Crippen LogP contribution in [0.1, 0.15) is 0 Å². The molecule has 4 nitrogen and oxygen atoms in total. The molecular formula is C49H30N4S. The summed E-state index contributed by atoms with van der Waals surface area (Å²) in [6, 6.07) is 64.0. The Bertz CT molecular complexity index is 3160. The van der Waals surface area contributed by atoms with Gasteiger partial charge in [-0.2, -0.15) is 0 Å². The van der Waals surface area contributed by atoms with Crippen molar-refractivity contribution in [1.82, 2.24) is 19.5 Å². The van der Waals surface area contributed by atoms with Gasteiger partial charge in [0.2, 0.25) is 0 Å². The molecule has 0 spiro atoms. The van der Waals surface area contributed by atoms with Crippen LogP contribution in [-0.2, 0) is 0 Å². The quantitative estimate of drug-likeness (QED) is 0.179. The summed E-state index contributed by atoms with van der Waals surface area (Å²) in [5.41, 5.74) is 11.2. The van der Waals surface area contributed by atoms with Crippen molar-refractivity contribution in [3.05, 3.63) is 182 Å². The summed E-state index contributed by atoms with van der Waals surface area (Å²) in [6.45, 7) is 0. The summed E-state index contributed by atoms with van der Waals surface area (Å²) in [7, 11) is 0. The van der Waals surface area contributed by atoms with E-state index in [0.29, 0.717) is 5.82 Å². The molecule has 0 saturated carbocycles. The highest BCUT2D eigenvalue weighted by Gasteiger charge is 2.20. The number of pyridine rings is 1. The zero-order chi connectivity index (χ0) is 35.6. The molecule has 0 N–H and O–H groups in total. The number of rotatable bonds is 5. The van der Waals surface area contributed by atoms with E-state index in [1.807, 2.05) is 6.07 Å². The molecule has 11 aromatic rings. The molecule has 0 saturated heterocycles. The van der Waals surface area contributed by atoms with E-state index in [0.717, 1.165) is 50.5 Å². The second kappa shape index (κ2) is 12.3. The van der Waals surface area contributed by atoms with Gasteiger partial charge in [0.05, 0.1) is 38.3 Å². The largest absolute Gasteiger partial charge is 0.309 e. The minimum absolute atomic E-state index is 0.674. The van der Waals surface area contributed by atoms with E-state index >= 15 is 0 Å². The summed E-state index contributed by atoms with van der Waals surface area (Å²) >= 11 is 1.81. The Labute approximate surface area is 315 Å². The van der Waals surface area contributed by atoms with Crippen molar-refractivity contribution < 1.29 is 0 Å². The molecule has 7 aromatic carbocycles. The average molecular weight is 707 g/mol. The predicted molar refractivity (Wildman–Crippen MR) is 226 cm³/mol. The Morgan fingerprint density at radius 1 is 0.426 bits per heavy atom. The van der Waals surface area contributed by atoms with Gasteiger partial charge in [0, 0.05) is 59.6 Å². The Morgan fingerprint density at radius 2 is 1.02 bits per heavy atom. The van der Waals surface area contributed by atoms with Gasteiger partial charge in [-0.15, -0.1) is 11.3 Å². The van der Waals surface area contributed by atoms with Gasteiger partial charge < -0.3 is 4.57 Å². The van der Waals surface area contributed by atoms with Crippen LogP contribution in [0.15, 0.2) is 182 Å². The van der Waals surface area contributed by atoms with Gasteiger partial charge in [-0.05, 0) is 54.6 Å². The number of thiophene rings is 1. The Kier molecular flexibility index (Phi) is 7.00. The van der Waals surface area contributed by atoms with Crippen molar-refractivity contribution in [2.75, 3.05) is 0 Å². The molecule has 0 aliphatic heterocycles. The third-order valence-electron chi connectivity index (χ3n) is 10.4. The van der Waals surface area contributed by atoms with Crippen LogP contribution in [-0.4, -0.2) is 19.5 Å². The van der Waals surface area contributed by atoms with Gasteiger partial charge in [-0.3, -0.25) is 0 Å². The molecule has 0 bridgehead atoms. The molecule has 252 valence electrons. The molecule has 11 rings (SSSR count). The van der Waals surface area contributed by atoms with Gasteiger partial charge in [0.1, 0.15) is 0 Å². The lowest BCUT2D eigenvalue weighted by atomic mass is 9.97. The van der Waals surface area contributed by atoms with Gasteiger partial charge in [0.25, 0.3) is 0 Å². The number of benzene rings is 7. The van der Waals surface area contributed by atoms with Crippen molar-refractivity contribution in [3.63, 3.8) is 0 Å². The SMILES string of the molecule is c1ccc(-c2cc(-c3ccccc3-c3nc4ccccc4c4c3sc3ccccc34)nc(-c3ccc(-n4c5ccccc5c5ccccc54)cc3)n2)cc1. The van der Waals surface area contributed by atoms with Crippen LogP contribution in [0.25, 0.3) is 104 Å². The lowest BCUT2D eigenvalue weighted by Crippen LogP contribution is -1.98. The van der Waals surface area contributed by atoms with E-state index in [2.05, 4.69) is 180 Å². The number of nitrogens with zero attached hydrogens (tertiary/aromatic N) is 4. The summed E-state index contributed by atoms with van der Waals surface area (Å²) in [4.78, 5) is 15.9. The highest BCUT2D eigenvalue weighted by Crippen LogP contribution is 2.45. The minimum atomic E-state index is 0.674. The second-order valence-corrected chi connectivity index (χ2v) is 14.6. The van der Waals surface area contributed by atoms with E-state index in [1.165, 1.54) is 47.4 Å². The maximum Gasteiger partial charge on any atom is 0.160 e. The number of hydrogen-bond acceptors (Lipinski definition) is 4. The smallest absolute Gasteiger partial charge is 0.160 e. The van der Waals surface area contributed by atoms with E-state index in [-0.39, 0.29) is 0 Å². The van der Waals surface area contributed by atoms with Crippen LogP contribution in [0.2, 0.25) is 0 Å². The summed E-state index contributed by atoms with van der Waals surface area (Å²) in [6.07, 6.45) is 0. The first-order valence-electron chi connectivity index (χ1n) is 18.1.